The Hall–Kier alpha value is -4.16. The van der Waals surface area contributed by atoms with Gasteiger partial charge in [0.1, 0.15) is 23.8 Å². The number of aromatic nitrogens is 2. The molecular formula is C37H55N7O6. The van der Waals surface area contributed by atoms with Gasteiger partial charge in [0.25, 0.3) is 11.8 Å². The number of carbonyl (C=O) groups excluding carboxylic acids is 6. The van der Waals surface area contributed by atoms with Crippen LogP contribution in [0.15, 0.2) is 31.2 Å². The Labute approximate surface area is 295 Å². The van der Waals surface area contributed by atoms with Crippen molar-refractivity contribution in [2.75, 3.05) is 13.1 Å². The van der Waals surface area contributed by atoms with Gasteiger partial charge in [-0.15, -0.1) is 6.58 Å². The normalized spacial score (nSPS) is 23.0. The van der Waals surface area contributed by atoms with Crippen LogP contribution in [0.2, 0.25) is 0 Å². The highest BCUT2D eigenvalue weighted by Gasteiger charge is 2.70. The summed E-state index contributed by atoms with van der Waals surface area (Å²) in [5.41, 5.74) is -0.878. The van der Waals surface area contributed by atoms with E-state index in [9.17, 15) is 28.8 Å². The molecule has 274 valence electrons. The molecule has 1 saturated heterocycles. The molecule has 3 aliphatic rings. The molecule has 4 rings (SSSR count). The van der Waals surface area contributed by atoms with Crippen LogP contribution < -0.4 is 21.3 Å². The molecule has 2 heterocycles. The number of ketones is 1. The number of unbranched alkanes of at least 4 members (excludes halogenated alkanes) is 1. The van der Waals surface area contributed by atoms with Crippen LogP contribution in [-0.4, -0.2) is 87.4 Å². The average Bonchev–Trinajstić information content (AvgIpc) is 3.39. The standard InChI is InChI=1S/C37H55N7O6/c1-8-10-16-24(29(45)34(49)40-17-9-2)41-33(48)28-26-23(37(26,6)7)21-44(28)35(50)30(36(3,4)5)43-32(47)27(22-14-12-11-13-15-22)42-31(46)25-20-38-18-19-39-25/h9,18-20,22-24,26-28,30H,2,8,10-17,21H2,1,3-7H3,(H,40,49)(H,41,48)(H,42,46)(H,43,47). The first-order chi connectivity index (χ1) is 23.6. The molecule has 0 aromatic carbocycles. The number of piperidine rings is 1. The van der Waals surface area contributed by atoms with Gasteiger partial charge in [-0.05, 0) is 47.8 Å². The number of rotatable bonds is 15. The molecule has 4 N–H and O–H groups in total. The minimum atomic E-state index is -1.04. The lowest BCUT2D eigenvalue weighted by Crippen LogP contribution is -2.62. The molecule has 0 radical (unpaired) electrons. The number of carbonyl (C=O) groups is 6. The third-order valence-corrected chi connectivity index (χ3v) is 10.8. The van der Waals surface area contributed by atoms with Crippen LogP contribution >= 0.6 is 0 Å². The maximum Gasteiger partial charge on any atom is 0.289 e. The Kier molecular flexibility index (Phi) is 12.6. The highest BCUT2D eigenvalue weighted by atomic mass is 16.2. The van der Waals surface area contributed by atoms with E-state index in [1.165, 1.54) is 24.7 Å². The second-order valence-corrected chi connectivity index (χ2v) is 15.7. The van der Waals surface area contributed by atoms with E-state index in [0.717, 1.165) is 38.5 Å². The molecule has 5 amide bonds. The van der Waals surface area contributed by atoms with Crippen LogP contribution in [0.5, 0.6) is 0 Å². The van der Waals surface area contributed by atoms with Gasteiger partial charge in [0, 0.05) is 25.5 Å². The van der Waals surface area contributed by atoms with Gasteiger partial charge in [0.15, 0.2) is 0 Å². The summed E-state index contributed by atoms with van der Waals surface area (Å²) in [5, 5.41) is 11.2. The van der Waals surface area contributed by atoms with E-state index in [1.807, 2.05) is 27.7 Å². The number of nitrogens with zero attached hydrogens (tertiary/aromatic N) is 3. The molecule has 3 fully saturated rings. The van der Waals surface area contributed by atoms with Crippen molar-refractivity contribution in [3.63, 3.8) is 0 Å². The van der Waals surface area contributed by atoms with E-state index < -0.39 is 64.9 Å². The maximum absolute atomic E-state index is 14.6. The summed E-state index contributed by atoms with van der Waals surface area (Å²) in [5.74, 6) is -3.65. The van der Waals surface area contributed by atoms with Gasteiger partial charge in [-0.1, -0.05) is 79.7 Å². The number of hydrogen-bond donors (Lipinski definition) is 4. The first-order valence-electron chi connectivity index (χ1n) is 18.0. The molecule has 13 heteroatoms. The van der Waals surface area contributed by atoms with Crippen molar-refractivity contribution in [3.05, 3.63) is 36.9 Å². The van der Waals surface area contributed by atoms with Crippen molar-refractivity contribution in [3.8, 4) is 0 Å². The number of hydrogen-bond acceptors (Lipinski definition) is 8. The Balaban J connectivity index is 1.58. The SMILES string of the molecule is C=CCNC(=O)C(=O)C(CCCC)NC(=O)C1C2C(CN1C(=O)C(NC(=O)C(NC(=O)c1cnccn1)C1CCCCC1)C(C)(C)C)C2(C)C. The molecule has 0 bridgehead atoms. The van der Waals surface area contributed by atoms with Gasteiger partial charge in [0.05, 0.1) is 12.2 Å². The zero-order chi connectivity index (χ0) is 36.8. The number of nitrogens with one attached hydrogen (secondary N) is 4. The molecule has 2 aliphatic carbocycles. The molecule has 0 spiro atoms. The smallest absolute Gasteiger partial charge is 0.289 e. The minimum absolute atomic E-state index is 0.0560. The Morgan fingerprint density at radius 3 is 2.34 bits per heavy atom. The molecule has 1 aliphatic heterocycles. The monoisotopic (exact) mass is 693 g/mol. The molecule has 1 aromatic rings. The van der Waals surface area contributed by atoms with E-state index in [-0.39, 0.29) is 41.8 Å². The van der Waals surface area contributed by atoms with E-state index in [0.29, 0.717) is 13.0 Å². The third-order valence-electron chi connectivity index (χ3n) is 10.8. The summed E-state index contributed by atoms with van der Waals surface area (Å²) in [6, 6.07) is -3.85. The fourth-order valence-corrected chi connectivity index (χ4v) is 7.70. The first-order valence-corrected chi connectivity index (χ1v) is 18.0. The topological polar surface area (TPSA) is 180 Å². The predicted octanol–water partition coefficient (Wildman–Crippen LogP) is 2.72. The summed E-state index contributed by atoms with van der Waals surface area (Å²) >= 11 is 0. The zero-order valence-corrected chi connectivity index (χ0v) is 30.4. The van der Waals surface area contributed by atoms with Crippen molar-refractivity contribution in [1.82, 2.24) is 36.1 Å². The van der Waals surface area contributed by atoms with E-state index in [4.69, 9.17) is 0 Å². The van der Waals surface area contributed by atoms with Gasteiger partial charge in [-0.25, -0.2) is 4.98 Å². The van der Waals surface area contributed by atoms with Crippen LogP contribution in [0.3, 0.4) is 0 Å². The molecule has 13 nitrogen and oxygen atoms in total. The quantitative estimate of drug-likeness (QED) is 0.160. The third kappa shape index (κ3) is 8.76. The lowest BCUT2D eigenvalue weighted by atomic mass is 9.82. The summed E-state index contributed by atoms with van der Waals surface area (Å²) in [6.07, 6.45) is 11.7. The first kappa shape index (κ1) is 38.6. The van der Waals surface area contributed by atoms with Crippen LogP contribution in [-0.2, 0) is 24.0 Å². The van der Waals surface area contributed by atoms with Crippen LogP contribution in [0.25, 0.3) is 0 Å². The summed E-state index contributed by atoms with van der Waals surface area (Å²) in [6.45, 7) is 15.6. The molecular weight excluding hydrogens is 638 g/mol. The molecule has 1 aromatic heterocycles. The highest BCUT2D eigenvalue weighted by molar-refractivity contribution is 6.38. The van der Waals surface area contributed by atoms with Gasteiger partial charge in [-0.2, -0.15) is 0 Å². The molecule has 6 unspecified atom stereocenters. The summed E-state index contributed by atoms with van der Waals surface area (Å²) in [4.78, 5) is 91.3. The van der Waals surface area contributed by atoms with E-state index in [1.54, 1.807) is 4.90 Å². The summed E-state index contributed by atoms with van der Waals surface area (Å²) < 4.78 is 0. The average molecular weight is 694 g/mol. The maximum atomic E-state index is 14.6. The number of likely N-dealkylation sites (tertiary alicyclic amines) is 1. The second kappa shape index (κ2) is 16.2. The van der Waals surface area contributed by atoms with Crippen molar-refractivity contribution in [2.24, 2.45) is 28.6 Å². The lowest BCUT2D eigenvalue weighted by Gasteiger charge is -2.39. The Morgan fingerprint density at radius 1 is 1.04 bits per heavy atom. The predicted molar refractivity (Wildman–Crippen MR) is 187 cm³/mol. The van der Waals surface area contributed by atoms with E-state index >= 15 is 0 Å². The van der Waals surface area contributed by atoms with Gasteiger partial charge < -0.3 is 26.2 Å². The highest BCUT2D eigenvalue weighted by Crippen LogP contribution is 2.65. The number of fused-ring (bicyclic) bond motifs is 1. The minimum Gasteiger partial charge on any atom is -0.346 e. The van der Waals surface area contributed by atoms with Gasteiger partial charge in [-0.3, -0.25) is 33.8 Å². The summed E-state index contributed by atoms with van der Waals surface area (Å²) in [7, 11) is 0. The van der Waals surface area contributed by atoms with Crippen molar-refractivity contribution in [1.29, 1.82) is 0 Å². The Bertz CT molecular complexity index is 1440. The van der Waals surface area contributed by atoms with Crippen LogP contribution in [0, 0.1) is 28.6 Å². The fraction of sp³-hybridized carbons (Fsp3) is 0.676. The van der Waals surface area contributed by atoms with Crippen molar-refractivity contribution < 1.29 is 28.8 Å². The lowest BCUT2D eigenvalue weighted by molar-refractivity contribution is -0.147. The Morgan fingerprint density at radius 2 is 1.74 bits per heavy atom. The van der Waals surface area contributed by atoms with Crippen LogP contribution in [0.4, 0.5) is 0 Å². The van der Waals surface area contributed by atoms with Gasteiger partial charge in [0.2, 0.25) is 23.5 Å². The number of Topliss-reactive ketones (excluding diaryl/α,β-unsaturated/α-hetero) is 1. The molecule has 6 atom stereocenters. The van der Waals surface area contributed by atoms with Crippen molar-refractivity contribution >= 4 is 35.3 Å². The fourth-order valence-electron chi connectivity index (χ4n) is 7.70. The van der Waals surface area contributed by atoms with Crippen molar-refractivity contribution in [2.45, 2.75) is 117 Å². The van der Waals surface area contributed by atoms with E-state index in [2.05, 4.69) is 51.7 Å². The molecule has 2 saturated carbocycles. The molecule has 50 heavy (non-hydrogen) atoms. The number of amides is 5. The van der Waals surface area contributed by atoms with Crippen LogP contribution in [0.1, 0.15) is 103 Å². The second-order valence-electron chi connectivity index (χ2n) is 15.7. The largest absolute Gasteiger partial charge is 0.346 e. The zero-order valence-electron chi connectivity index (χ0n) is 30.4. The van der Waals surface area contributed by atoms with Gasteiger partial charge >= 0.3 is 0 Å².